The molecule has 8 heterocycles. The number of hydrogen-bond acceptors (Lipinski definition) is 15. The summed E-state index contributed by atoms with van der Waals surface area (Å²) in [6, 6.07) is 21.7. The number of anilines is 2. The molecule has 6 aliphatic rings. The van der Waals surface area contributed by atoms with Gasteiger partial charge in [-0.2, -0.15) is 5.10 Å². The number of carbonyl (C=O) groups is 5. The van der Waals surface area contributed by atoms with E-state index in [9.17, 15) is 28.7 Å². The largest absolute Gasteiger partial charge is 0.490 e. The van der Waals surface area contributed by atoms with Crippen LogP contribution in [0.15, 0.2) is 84.5 Å². The Morgan fingerprint density at radius 3 is 2.37 bits per heavy atom. The van der Waals surface area contributed by atoms with Crippen LogP contribution in [-0.4, -0.2) is 150 Å². The fraction of sp³-hybridized carbons (Fsp3) is 0.507. The number of hydrogen-bond donors (Lipinski definition) is 4. The predicted molar refractivity (Wildman–Crippen MR) is 359 cm³/mol. The van der Waals surface area contributed by atoms with E-state index < -0.39 is 47.0 Å². The number of carbonyl (C=O) groups excluding carboxylic acids is 5. The number of para-hydroxylation sites is 1. The lowest BCUT2D eigenvalue weighted by molar-refractivity contribution is -0.145. The smallest absolute Gasteiger partial charge is 0.273 e. The lowest BCUT2D eigenvalue weighted by Gasteiger charge is -2.38. The molecule has 0 radical (unpaired) electrons. The first-order valence-electron chi connectivity index (χ1n) is 33.4. The molecule has 5 amide bonds. The first kappa shape index (κ1) is 64.1. The Hall–Kier alpha value is -7.66. The average molecular weight is 1300 g/mol. The third-order valence-electron chi connectivity index (χ3n) is 20.1. The van der Waals surface area contributed by atoms with Gasteiger partial charge in [-0.15, -0.1) is 11.3 Å². The molecule has 4 aromatic heterocycles. The maximum Gasteiger partial charge on any atom is 0.273 e. The summed E-state index contributed by atoms with van der Waals surface area (Å²) in [7, 11) is 0. The molecule has 0 bridgehead atoms. The molecule has 0 unspecified atom stereocenters. The van der Waals surface area contributed by atoms with E-state index in [-0.39, 0.29) is 50.3 Å². The minimum atomic E-state index is -1.98. The van der Waals surface area contributed by atoms with Gasteiger partial charge in [0.2, 0.25) is 11.8 Å². The summed E-state index contributed by atoms with van der Waals surface area (Å²) < 4.78 is 24.9. The van der Waals surface area contributed by atoms with Crippen molar-refractivity contribution >= 4 is 73.4 Å². The third kappa shape index (κ3) is 14.1. The van der Waals surface area contributed by atoms with Crippen molar-refractivity contribution in [3.63, 3.8) is 0 Å². The molecule has 2 saturated carbocycles. The molecule has 7 aromatic rings. The van der Waals surface area contributed by atoms with Crippen LogP contribution in [-0.2, 0) is 40.4 Å². The predicted octanol–water partition coefficient (Wildman–Crippen LogP) is 10.7. The summed E-state index contributed by atoms with van der Waals surface area (Å²) in [5, 5.41) is 25.1. The second kappa shape index (κ2) is 27.0. The van der Waals surface area contributed by atoms with Gasteiger partial charge in [-0.3, -0.25) is 34.0 Å². The van der Waals surface area contributed by atoms with E-state index in [1.165, 1.54) is 48.3 Å². The van der Waals surface area contributed by atoms with E-state index in [1.807, 2.05) is 84.2 Å². The summed E-state index contributed by atoms with van der Waals surface area (Å²) in [5.74, 6) is 0.219. The molecule has 490 valence electrons. The standard InChI is InChI=1S/C71H85FN12O7S2/c1-43-62(92-42-74-43)48-18-19-49(36-73-65(87)57-35-50(85)40-83(57)67(89)63(70(3,4)5)78-68(90)71(72)27-28-71)58(34-48)91-51-25-29-80(30-26-51)38-46-22-31-81(32-23-46)66(88)61-52(54-37-75-84(44(54)2)39-45-12-7-6-8-13-45)20-21-60(77-61)82-33-24-47-14-11-15-53(55(47)41-82)64(86)79-69-76-56-16-9-10-17-59(56)93-69/h9-11,14-21,34,37,42,45-46,50-51,57,63,85H,6-8,12-13,22-33,35-36,38-41H2,1-5H3,(H,73,87)(H,78,90)(H,76,79,86)/t50-,57+,63-/m1/s1. The van der Waals surface area contributed by atoms with Crippen LogP contribution < -0.4 is 25.6 Å². The maximum absolute atomic E-state index is 15.2. The Morgan fingerprint density at radius 2 is 1.62 bits per heavy atom. The van der Waals surface area contributed by atoms with Gasteiger partial charge in [-0.25, -0.2) is 19.3 Å². The number of rotatable bonds is 18. The topological polar surface area (TPSA) is 220 Å². The van der Waals surface area contributed by atoms with Crippen LogP contribution in [0.25, 0.3) is 31.8 Å². The highest BCUT2D eigenvalue weighted by atomic mass is 32.1. The van der Waals surface area contributed by atoms with Gasteiger partial charge in [0.25, 0.3) is 17.7 Å². The summed E-state index contributed by atoms with van der Waals surface area (Å²) in [4.78, 5) is 93.9. The molecule has 4 N–H and O–H groups in total. The number of pyridine rings is 1. The third-order valence-corrected chi connectivity index (χ3v) is 22.0. The molecular formula is C71H85FN12O7S2. The number of piperidine rings is 2. The zero-order chi connectivity index (χ0) is 64.7. The molecular weight excluding hydrogens is 1220 g/mol. The lowest BCUT2D eigenvalue weighted by atomic mass is 9.85. The molecule has 3 saturated heterocycles. The van der Waals surface area contributed by atoms with Gasteiger partial charge in [0.05, 0.1) is 38.6 Å². The molecule has 0 spiro atoms. The van der Waals surface area contributed by atoms with Gasteiger partial charge < -0.3 is 40.1 Å². The zero-order valence-corrected chi connectivity index (χ0v) is 55.6. The molecule has 5 fully saturated rings. The highest BCUT2D eigenvalue weighted by molar-refractivity contribution is 7.22. The van der Waals surface area contributed by atoms with Crippen LogP contribution in [0.2, 0.25) is 0 Å². The van der Waals surface area contributed by atoms with E-state index >= 15 is 4.79 Å². The van der Waals surface area contributed by atoms with Crippen molar-refractivity contribution in [3.05, 3.63) is 124 Å². The normalized spacial score (nSPS) is 20.1. The highest BCUT2D eigenvalue weighted by Gasteiger charge is 2.53. The zero-order valence-electron chi connectivity index (χ0n) is 53.9. The first-order valence-corrected chi connectivity index (χ1v) is 35.1. The summed E-state index contributed by atoms with van der Waals surface area (Å²) in [6.45, 7) is 15.2. The van der Waals surface area contributed by atoms with Gasteiger partial charge in [0, 0.05) is 99.8 Å². The first-order chi connectivity index (χ1) is 44.8. The number of aryl methyl sites for hydroxylation is 1. The fourth-order valence-corrected chi connectivity index (χ4v) is 16.0. The van der Waals surface area contributed by atoms with Crippen LogP contribution in [0.4, 0.5) is 15.3 Å². The Kier molecular flexibility index (Phi) is 18.6. The number of likely N-dealkylation sites (tertiary alicyclic amines) is 3. The van der Waals surface area contributed by atoms with Crippen LogP contribution in [0.1, 0.15) is 147 Å². The lowest BCUT2D eigenvalue weighted by Crippen LogP contribution is -2.59. The van der Waals surface area contributed by atoms with Gasteiger partial charge in [0.1, 0.15) is 35.4 Å². The van der Waals surface area contributed by atoms with Crippen molar-refractivity contribution in [2.75, 3.05) is 56.0 Å². The molecule has 22 heteroatoms. The quantitative estimate of drug-likeness (QED) is 0.0629. The minimum Gasteiger partial charge on any atom is -0.490 e. The van der Waals surface area contributed by atoms with Crippen molar-refractivity contribution in [1.29, 1.82) is 0 Å². The second-order valence-electron chi connectivity index (χ2n) is 27.7. The summed E-state index contributed by atoms with van der Waals surface area (Å²) in [5.41, 5.74) is 8.32. The monoisotopic (exact) mass is 1300 g/mol. The van der Waals surface area contributed by atoms with Crippen molar-refractivity contribution in [2.45, 2.75) is 168 Å². The average Bonchev–Trinajstić information content (AvgIpc) is 1.82. The molecule has 2 aliphatic carbocycles. The van der Waals surface area contributed by atoms with Crippen LogP contribution >= 0.6 is 22.7 Å². The molecule has 19 nitrogen and oxygen atoms in total. The summed E-state index contributed by atoms with van der Waals surface area (Å²) >= 11 is 3.00. The van der Waals surface area contributed by atoms with Crippen molar-refractivity contribution in [3.8, 4) is 27.3 Å². The Morgan fingerprint density at radius 1 is 0.849 bits per heavy atom. The Balaban J connectivity index is 0.658. The van der Waals surface area contributed by atoms with Crippen LogP contribution in [0.3, 0.4) is 0 Å². The Bertz CT molecular complexity index is 3890. The number of fused-ring (bicyclic) bond motifs is 2. The number of alkyl halides is 1. The van der Waals surface area contributed by atoms with Gasteiger partial charge in [0.15, 0.2) is 10.8 Å². The molecule has 3 atom stereocenters. The maximum atomic E-state index is 15.2. The minimum absolute atomic E-state index is 0.0224. The number of aliphatic hydroxyl groups is 1. The highest BCUT2D eigenvalue weighted by Crippen LogP contribution is 2.42. The number of amides is 5. The van der Waals surface area contributed by atoms with Crippen molar-refractivity contribution in [2.24, 2.45) is 17.3 Å². The molecule has 93 heavy (non-hydrogen) atoms. The number of ether oxygens (including phenoxy) is 1. The number of aromatic nitrogens is 5. The van der Waals surface area contributed by atoms with Crippen molar-refractivity contribution in [1.82, 2.24) is 50.1 Å². The number of benzene rings is 3. The van der Waals surface area contributed by atoms with E-state index in [0.29, 0.717) is 66.0 Å². The second-order valence-corrected chi connectivity index (χ2v) is 29.6. The van der Waals surface area contributed by atoms with Gasteiger partial charge in [-0.05, 0) is 142 Å². The number of halogens is 1. The SMILES string of the molecule is Cc1ncsc1-c1ccc(CNC(=O)[C@@H]2C[C@@H](O)CN2C(=O)[C@@H](NC(=O)C2(F)CC2)C(C)(C)C)c(OC2CCN(CC3CCN(C(=O)c4nc(N5CCc6cccc(C(=O)Nc7nc8ccccc8s7)c6C5)ccc4-c4cnn(CC5CCCCC5)c4C)CC3)CC2)c1. The van der Waals surface area contributed by atoms with Crippen LogP contribution in [0, 0.1) is 31.1 Å². The molecule has 13 rings (SSSR count). The number of thiazole rings is 2. The van der Waals surface area contributed by atoms with E-state index in [4.69, 9.17) is 14.8 Å². The number of β-amino-alcohol motifs (C(OH)–C–C–N with tert-alkyl or cyclic N) is 1. The van der Waals surface area contributed by atoms with Gasteiger partial charge >= 0.3 is 0 Å². The summed E-state index contributed by atoms with van der Waals surface area (Å²) in [6.07, 6.45) is 11.3. The fourth-order valence-electron chi connectivity index (χ4n) is 14.4. The molecule has 4 aliphatic heterocycles. The number of aliphatic hydroxyl groups excluding tert-OH is 1. The van der Waals surface area contributed by atoms with E-state index in [0.717, 1.165) is 118 Å². The van der Waals surface area contributed by atoms with Gasteiger partial charge in [-0.1, -0.05) is 87.8 Å². The van der Waals surface area contributed by atoms with Crippen molar-refractivity contribution < 1.29 is 38.2 Å². The molecule has 3 aromatic carbocycles. The van der Waals surface area contributed by atoms with Crippen LogP contribution in [0.5, 0.6) is 5.75 Å². The van der Waals surface area contributed by atoms with E-state index in [2.05, 4.69) is 59.5 Å². The number of nitrogens with one attached hydrogen (secondary N) is 3. The Labute approximate surface area is 550 Å². The number of nitrogens with zero attached hydrogens (tertiary/aromatic N) is 9. The van der Waals surface area contributed by atoms with E-state index in [1.54, 1.807) is 32.1 Å².